The van der Waals surface area contributed by atoms with Crippen molar-refractivity contribution in [3.8, 4) is 6.07 Å². The van der Waals surface area contributed by atoms with Crippen LogP contribution in [-0.4, -0.2) is 4.98 Å². The molecule has 0 amide bonds. The number of hydrogen-bond acceptors (Lipinski definition) is 3. The summed E-state index contributed by atoms with van der Waals surface area (Å²) < 4.78 is 0. The number of anilines is 2. The van der Waals surface area contributed by atoms with E-state index in [-0.39, 0.29) is 0 Å². The minimum absolute atomic E-state index is 0.586. The number of aryl methyl sites for hydroxylation is 3. The van der Waals surface area contributed by atoms with Crippen molar-refractivity contribution >= 4 is 23.1 Å². The van der Waals surface area contributed by atoms with Gasteiger partial charge >= 0.3 is 0 Å². The van der Waals surface area contributed by atoms with Crippen molar-refractivity contribution in [2.75, 3.05) is 5.32 Å². The quantitative estimate of drug-likeness (QED) is 0.901. The number of rotatable bonds is 2. The molecule has 0 atom stereocenters. The largest absolute Gasteiger partial charge is 0.339 e. The third-order valence-corrected chi connectivity index (χ3v) is 4.01. The van der Waals surface area contributed by atoms with Crippen molar-refractivity contribution in [1.82, 2.24) is 4.98 Å². The van der Waals surface area contributed by atoms with Crippen LogP contribution in [0.1, 0.15) is 28.8 Å². The Labute approximate surface area is 123 Å². The monoisotopic (exact) mass is 283 g/mol. The molecule has 100 valence electrons. The van der Waals surface area contributed by atoms with Crippen molar-refractivity contribution in [2.45, 2.75) is 26.2 Å². The van der Waals surface area contributed by atoms with E-state index in [1.807, 2.05) is 31.2 Å². The van der Waals surface area contributed by atoms with Crippen molar-refractivity contribution < 1.29 is 0 Å². The summed E-state index contributed by atoms with van der Waals surface area (Å²) in [5.74, 6) is 0.619. The van der Waals surface area contributed by atoms with E-state index in [2.05, 4.69) is 16.4 Å². The molecule has 4 heteroatoms. The standard InChI is InChI=1S/C16H14ClN3/c1-10-5-6-13(8-14(10)17)19-16-12(9-18)7-11-3-2-4-15(11)20-16/h5-8H,2-4H2,1H3,(H,19,20). The van der Waals surface area contributed by atoms with Gasteiger partial charge in [0.25, 0.3) is 0 Å². The van der Waals surface area contributed by atoms with Gasteiger partial charge in [0, 0.05) is 16.4 Å². The number of hydrogen-bond donors (Lipinski definition) is 1. The first kappa shape index (κ1) is 13.0. The topological polar surface area (TPSA) is 48.7 Å². The van der Waals surface area contributed by atoms with Crippen LogP contribution in [0.3, 0.4) is 0 Å². The minimum Gasteiger partial charge on any atom is -0.339 e. The third-order valence-electron chi connectivity index (χ3n) is 3.61. The molecule has 1 aromatic heterocycles. The number of nitrogens with zero attached hydrogens (tertiary/aromatic N) is 2. The highest BCUT2D eigenvalue weighted by atomic mass is 35.5. The lowest BCUT2D eigenvalue weighted by atomic mass is 10.1. The molecule has 3 nitrogen and oxygen atoms in total. The van der Waals surface area contributed by atoms with Gasteiger partial charge in [-0.3, -0.25) is 0 Å². The zero-order chi connectivity index (χ0) is 14.1. The van der Waals surface area contributed by atoms with E-state index in [1.54, 1.807) is 0 Å². The van der Waals surface area contributed by atoms with Crippen LogP contribution in [0, 0.1) is 18.3 Å². The zero-order valence-electron chi connectivity index (χ0n) is 11.2. The molecule has 1 aliphatic carbocycles. The third kappa shape index (κ3) is 2.35. The van der Waals surface area contributed by atoms with Crippen LogP contribution in [0.5, 0.6) is 0 Å². The highest BCUT2D eigenvalue weighted by Gasteiger charge is 2.16. The molecule has 0 radical (unpaired) electrons. The van der Waals surface area contributed by atoms with E-state index in [9.17, 15) is 5.26 Å². The van der Waals surface area contributed by atoms with Gasteiger partial charge in [0.2, 0.25) is 0 Å². The lowest BCUT2D eigenvalue weighted by Gasteiger charge is -2.10. The Morgan fingerprint density at radius 2 is 2.15 bits per heavy atom. The second-order valence-electron chi connectivity index (χ2n) is 5.04. The SMILES string of the molecule is Cc1ccc(Nc2nc3c(cc2C#N)CCC3)cc1Cl. The molecule has 1 N–H and O–H groups in total. The summed E-state index contributed by atoms with van der Waals surface area (Å²) in [7, 11) is 0. The van der Waals surface area contributed by atoms with Crippen LogP contribution >= 0.6 is 11.6 Å². The highest BCUT2D eigenvalue weighted by Crippen LogP contribution is 2.28. The van der Waals surface area contributed by atoms with Crippen LogP contribution in [0.4, 0.5) is 11.5 Å². The average molecular weight is 284 g/mol. The maximum Gasteiger partial charge on any atom is 0.148 e. The average Bonchev–Trinajstić information content (AvgIpc) is 2.89. The number of nitrogens with one attached hydrogen (secondary N) is 1. The first-order valence-electron chi connectivity index (χ1n) is 6.63. The normalized spacial score (nSPS) is 12.8. The predicted octanol–water partition coefficient (Wildman–Crippen LogP) is 4.15. The van der Waals surface area contributed by atoms with E-state index in [0.29, 0.717) is 16.4 Å². The van der Waals surface area contributed by atoms with Crippen molar-refractivity contribution in [3.05, 3.63) is 51.7 Å². The van der Waals surface area contributed by atoms with E-state index in [4.69, 9.17) is 11.6 Å². The lowest BCUT2D eigenvalue weighted by molar-refractivity contribution is 0.900. The highest BCUT2D eigenvalue weighted by molar-refractivity contribution is 6.31. The number of fused-ring (bicyclic) bond motifs is 1. The summed E-state index contributed by atoms with van der Waals surface area (Å²) in [4.78, 5) is 4.59. The summed E-state index contributed by atoms with van der Waals surface area (Å²) in [5, 5.41) is 13.2. The number of benzene rings is 1. The number of aromatic nitrogens is 1. The molecule has 0 bridgehead atoms. The van der Waals surface area contributed by atoms with Crippen LogP contribution < -0.4 is 5.32 Å². The second-order valence-corrected chi connectivity index (χ2v) is 5.45. The van der Waals surface area contributed by atoms with Gasteiger partial charge in [0.15, 0.2) is 0 Å². The molecule has 0 fully saturated rings. The van der Waals surface area contributed by atoms with Gasteiger partial charge in [-0.1, -0.05) is 17.7 Å². The van der Waals surface area contributed by atoms with Crippen LogP contribution in [0.25, 0.3) is 0 Å². The fourth-order valence-electron chi connectivity index (χ4n) is 2.46. The Kier molecular flexibility index (Phi) is 3.33. The summed E-state index contributed by atoms with van der Waals surface area (Å²) in [5.41, 5.74) is 4.77. The van der Waals surface area contributed by atoms with Crippen LogP contribution in [0.15, 0.2) is 24.3 Å². The van der Waals surface area contributed by atoms with Crippen molar-refractivity contribution in [2.24, 2.45) is 0 Å². The Morgan fingerprint density at radius 3 is 2.90 bits per heavy atom. The summed E-state index contributed by atoms with van der Waals surface area (Å²) >= 11 is 6.12. The van der Waals surface area contributed by atoms with E-state index >= 15 is 0 Å². The Bertz CT molecular complexity index is 716. The van der Waals surface area contributed by atoms with E-state index < -0.39 is 0 Å². The molecule has 0 unspecified atom stereocenters. The zero-order valence-corrected chi connectivity index (χ0v) is 12.0. The maximum atomic E-state index is 9.27. The van der Waals surface area contributed by atoms with Crippen molar-refractivity contribution in [3.63, 3.8) is 0 Å². The molecular formula is C16H14ClN3. The lowest BCUT2D eigenvalue weighted by Crippen LogP contribution is -2.01. The molecule has 0 saturated carbocycles. The molecule has 3 rings (SSSR count). The van der Waals surface area contributed by atoms with Gasteiger partial charge in [-0.2, -0.15) is 5.26 Å². The Balaban J connectivity index is 1.98. The number of nitriles is 1. The summed E-state index contributed by atoms with van der Waals surface area (Å²) in [6, 6.07) is 9.91. The fraction of sp³-hybridized carbons (Fsp3) is 0.250. The molecule has 1 heterocycles. The maximum absolute atomic E-state index is 9.27. The molecule has 2 aromatic rings. The van der Waals surface area contributed by atoms with E-state index in [0.717, 1.165) is 36.2 Å². The minimum atomic E-state index is 0.586. The van der Waals surface area contributed by atoms with Crippen LogP contribution in [0.2, 0.25) is 5.02 Å². The fourth-order valence-corrected chi connectivity index (χ4v) is 2.64. The van der Waals surface area contributed by atoms with Gasteiger partial charge in [0.1, 0.15) is 11.9 Å². The van der Waals surface area contributed by atoms with Gasteiger partial charge in [-0.25, -0.2) is 4.98 Å². The summed E-state index contributed by atoms with van der Waals surface area (Å²) in [6.07, 6.45) is 3.13. The Morgan fingerprint density at radius 1 is 1.30 bits per heavy atom. The number of halogens is 1. The predicted molar refractivity (Wildman–Crippen MR) is 80.4 cm³/mol. The molecule has 0 saturated heterocycles. The molecule has 1 aromatic carbocycles. The van der Waals surface area contributed by atoms with E-state index in [1.165, 1.54) is 5.56 Å². The Hall–Kier alpha value is -2.05. The summed E-state index contributed by atoms with van der Waals surface area (Å²) in [6.45, 7) is 1.96. The van der Waals surface area contributed by atoms with Gasteiger partial charge in [-0.05, 0) is 55.5 Å². The molecule has 0 spiro atoms. The van der Waals surface area contributed by atoms with Gasteiger partial charge < -0.3 is 5.32 Å². The number of pyridine rings is 1. The molecular weight excluding hydrogens is 270 g/mol. The van der Waals surface area contributed by atoms with Gasteiger partial charge in [0.05, 0.1) is 5.56 Å². The smallest absolute Gasteiger partial charge is 0.148 e. The van der Waals surface area contributed by atoms with Crippen LogP contribution in [-0.2, 0) is 12.8 Å². The molecule has 20 heavy (non-hydrogen) atoms. The van der Waals surface area contributed by atoms with Gasteiger partial charge in [-0.15, -0.1) is 0 Å². The molecule has 0 aliphatic heterocycles. The molecule has 1 aliphatic rings. The van der Waals surface area contributed by atoms with Crippen molar-refractivity contribution in [1.29, 1.82) is 5.26 Å². The first-order chi connectivity index (χ1) is 9.67. The second kappa shape index (κ2) is 5.15. The first-order valence-corrected chi connectivity index (χ1v) is 7.01.